The van der Waals surface area contributed by atoms with Crippen molar-refractivity contribution in [2.24, 2.45) is 0 Å². The molecule has 1 saturated heterocycles. The fourth-order valence-corrected chi connectivity index (χ4v) is 3.13. The van der Waals surface area contributed by atoms with Gasteiger partial charge in [-0.05, 0) is 41.8 Å². The predicted molar refractivity (Wildman–Crippen MR) is 90.0 cm³/mol. The van der Waals surface area contributed by atoms with Crippen molar-refractivity contribution in [2.45, 2.75) is 25.0 Å². The average molecular weight is 360 g/mol. The minimum absolute atomic E-state index is 0.265. The molecule has 1 heterocycles. The van der Waals surface area contributed by atoms with Crippen LogP contribution in [0.3, 0.4) is 0 Å². The first kappa shape index (κ1) is 18.0. The molecule has 136 valence electrons. The third-order valence-electron chi connectivity index (χ3n) is 4.65. The van der Waals surface area contributed by atoms with Crippen molar-refractivity contribution in [3.8, 4) is 0 Å². The zero-order chi connectivity index (χ0) is 18.9. The third kappa shape index (κ3) is 3.06. The number of nitrogens with one attached hydrogen (secondary N) is 1. The summed E-state index contributed by atoms with van der Waals surface area (Å²) in [5.41, 5.74) is -0.436. The van der Waals surface area contributed by atoms with Crippen LogP contribution in [-0.4, -0.2) is 28.5 Å². The van der Waals surface area contributed by atoms with Crippen LogP contribution in [0, 0.1) is 11.6 Å². The highest BCUT2D eigenvalue weighted by Crippen LogP contribution is 2.33. The fourth-order valence-electron chi connectivity index (χ4n) is 3.13. The molecule has 0 aromatic heterocycles. The molecule has 1 aliphatic heterocycles. The summed E-state index contributed by atoms with van der Waals surface area (Å²) in [4.78, 5) is 26.3. The van der Waals surface area contributed by atoms with Gasteiger partial charge in [0.2, 0.25) is 0 Å². The normalized spacial score (nSPS) is 21.0. The van der Waals surface area contributed by atoms with Gasteiger partial charge in [0.05, 0.1) is 12.6 Å². The molecular formula is C19H18F2N2O3. The topological polar surface area (TPSA) is 69.6 Å². The highest BCUT2D eigenvalue weighted by atomic mass is 19.1. The Morgan fingerprint density at radius 2 is 1.58 bits per heavy atom. The number of imide groups is 1. The number of hydrogen-bond acceptors (Lipinski definition) is 3. The highest BCUT2D eigenvalue weighted by Gasteiger charge is 2.51. The van der Waals surface area contributed by atoms with Crippen molar-refractivity contribution in [3.63, 3.8) is 0 Å². The standard InChI is InChI=1S/C19H18F2N2O3/c1-2-19(13-5-9-15(21)10-6-13)17(25)23(18(26)22-19)11-16(24)12-3-7-14(20)8-4-12/h3-10,16,24H,2,11H2,1H3,(H,22,26)/t16-,19+/m1/s1. The van der Waals surface area contributed by atoms with Crippen LogP contribution < -0.4 is 5.32 Å². The van der Waals surface area contributed by atoms with E-state index >= 15 is 0 Å². The van der Waals surface area contributed by atoms with Crippen LogP contribution in [0.5, 0.6) is 0 Å². The monoisotopic (exact) mass is 360 g/mol. The Morgan fingerprint density at radius 1 is 1.04 bits per heavy atom. The zero-order valence-electron chi connectivity index (χ0n) is 14.1. The molecule has 5 nitrogen and oxygen atoms in total. The molecule has 0 aliphatic carbocycles. The molecule has 2 aromatic carbocycles. The van der Waals surface area contributed by atoms with Gasteiger partial charge in [-0.1, -0.05) is 31.2 Å². The molecule has 2 aromatic rings. The Labute approximate surface area is 149 Å². The molecule has 0 radical (unpaired) electrons. The largest absolute Gasteiger partial charge is 0.387 e. The summed E-state index contributed by atoms with van der Waals surface area (Å²) in [6.45, 7) is 1.47. The first-order valence-corrected chi connectivity index (χ1v) is 8.21. The van der Waals surface area contributed by atoms with Crippen LogP contribution in [-0.2, 0) is 10.3 Å². The van der Waals surface area contributed by atoms with E-state index in [2.05, 4.69) is 5.32 Å². The first-order chi connectivity index (χ1) is 12.4. The van der Waals surface area contributed by atoms with Gasteiger partial charge < -0.3 is 10.4 Å². The van der Waals surface area contributed by atoms with Crippen molar-refractivity contribution >= 4 is 11.9 Å². The van der Waals surface area contributed by atoms with E-state index in [9.17, 15) is 23.5 Å². The van der Waals surface area contributed by atoms with Gasteiger partial charge in [0.25, 0.3) is 5.91 Å². The summed E-state index contributed by atoms with van der Waals surface area (Å²) in [5, 5.41) is 13.0. The molecule has 3 amide bonds. The Hall–Kier alpha value is -2.80. The van der Waals surface area contributed by atoms with Crippen LogP contribution in [0.1, 0.15) is 30.6 Å². The van der Waals surface area contributed by atoms with E-state index in [1.807, 2.05) is 0 Å². The summed E-state index contributed by atoms with van der Waals surface area (Å²) in [6.07, 6.45) is -0.877. The SMILES string of the molecule is CC[C@@]1(c2ccc(F)cc2)NC(=O)N(C[C@@H](O)c2ccc(F)cc2)C1=O. The number of hydrogen-bond donors (Lipinski definition) is 2. The Balaban J connectivity index is 1.85. The van der Waals surface area contributed by atoms with E-state index in [1.54, 1.807) is 6.92 Å². The number of carbonyl (C=O) groups excluding carboxylic acids is 2. The second-order valence-corrected chi connectivity index (χ2v) is 6.18. The predicted octanol–water partition coefficient (Wildman–Crippen LogP) is 2.86. The third-order valence-corrected chi connectivity index (χ3v) is 4.65. The number of urea groups is 1. The summed E-state index contributed by atoms with van der Waals surface area (Å²) in [5.74, 6) is -1.41. The van der Waals surface area contributed by atoms with Crippen LogP contribution in [0.25, 0.3) is 0 Å². The quantitative estimate of drug-likeness (QED) is 0.806. The number of rotatable bonds is 5. The number of amides is 3. The molecular weight excluding hydrogens is 342 g/mol. The van der Waals surface area contributed by atoms with Gasteiger partial charge >= 0.3 is 6.03 Å². The number of β-amino-alcohol motifs (C(OH)–C–C–N with tert-alkyl or cyclic N) is 1. The minimum Gasteiger partial charge on any atom is -0.387 e. The maximum atomic E-state index is 13.2. The summed E-state index contributed by atoms with van der Waals surface area (Å²) in [7, 11) is 0. The smallest absolute Gasteiger partial charge is 0.325 e. The number of aliphatic hydroxyl groups excluding tert-OH is 1. The lowest BCUT2D eigenvalue weighted by atomic mass is 9.87. The molecule has 0 bridgehead atoms. The number of carbonyl (C=O) groups is 2. The van der Waals surface area contributed by atoms with Crippen molar-refractivity contribution in [1.82, 2.24) is 10.2 Å². The van der Waals surface area contributed by atoms with Gasteiger partial charge in [-0.2, -0.15) is 0 Å². The van der Waals surface area contributed by atoms with E-state index in [0.29, 0.717) is 11.1 Å². The lowest BCUT2D eigenvalue weighted by molar-refractivity contribution is -0.132. The maximum Gasteiger partial charge on any atom is 0.325 e. The van der Waals surface area contributed by atoms with Crippen LogP contribution in [0.15, 0.2) is 48.5 Å². The molecule has 1 fully saturated rings. The van der Waals surface area contributed by atoms with Crippen LogP contribution >= 0.6 is 0 Å². The van der Waals surface area contributed by atoms with Gasteiger partial charge in [-0.15, -0.1) is 0 Å². The van der Waals surface area contributed by atoms with Gasteiger partial charge in [-0.3, -0.25) is 9.69 Å². The van der Waals surface area contributed by atoms with E-state index in [0.717, 1.165) is 4.90 Å². The summed E-state index contributed by atoms with van der Waals surface area (Å²) >= 11 is 0. The molecule has 0 unspecified atom stereocenters. The van der Waals surface area contributed by atoms with Crippen molar-refractivity contribution in [3.05, 3.63) is 71.3 Å². The van der Waals surface area contributed by atoms with E-state index in [1.165, 1.54) is 48.5 Å². The molecule has 0 saturated carbocycles. The maximum absolute atomic E-state index is 13.2. The number of nitrogens with zero attached hydrogens (tertiary/aromatic N) is 1. The van der Waals surface area contributed by atoms with Crippen molar-refractivity contribution < 1.29 is 23.5 Å². The lowest BCUT2D eigenvalue weighted by Crippen LogP contribution is -2.43. The second kappa shape index (κ2) is 6.84. The molecule has 3 rings (SSSR count). The molecule has 2 atom stereocenters. The minimum atomic E-state index is -1.30. The van der Waals surface area contributed by atoms with E-state index in [4.69, 9.17) is 0 Å². The van der Waals surface area contributed by atoms with Gasteiger partial charge in [0.1, 0.15) is 17.2 Å². The van der Waals surface area contributed by atoms with Crippen LogP contribution in [0.2, 0.25) is 0 Å². The molecule has 1 aliphatic rings. The van der Waals surface area contributed by atoms with E-state index < -0.39 is 35.2 Å². The number of halogens is 2. The highest BCUT2D eigenvalue weighted by molar-refractivity contribution is 6.07. The van der Waals surface area contributed by atoms with Gasteiger partial charge in [0, 0.05) is 0 Å². The first-order valence-electron chi connectivity index (χ1n) is 8.21. The van der Waals surface area contributed by atoms with Crippen molar-refractivity contribution in [1.29, 1.82) is 0 Å². The molecule has 2 N–H and O–H groups in total. The Morgan fingerprint density at radius 3 is 2.12 bits per heavy atom. The van der Waals surface area contributed by atoms with E-state index in [-0.39, 0.29) is 13.0 Å². The fraction of sp³-hybridized carbons (Fsp3) is 0.263. The summed E-state index contributed by atoms with van der Waals surface area (Å²) < 4.78 is 26.2. The van der Waals surface area contributed by atoms with Gasteiger partial charge in [-0.25, -0.2) is 13.6 Å². The number of benzene rings is 2. The van der Waals surface area contributed by atoms with Crippen molar-refractivity contribution in [2.75, 3.05) is 6.54 Å². The average Bonchev–Trinajstić information content (AvgIpc) is 2.88. The molecule has 0 spiro atoms. The molecule has 7 heteroatoms. The summed E-state index contributed by atoms with van der Waals surface area (Å²) in [6, 6.07) is 9.90. The molecule has 26 heavy (non-hydrogen) atoms. The van der Waals surface area contributed by atoms with Gasteiger partial charge in [0.15, 0.2) is 0 Å². The lowest BCUT2D eigenvalue weighted by Gasteiger charge is -2.26. The zero-order valence-corrected chi connectivity index (χ0v) is 14.1. The van der Waals surface area contributed by atoms with Crippen LogP contribution in [0.4, 0.5) is 13.6 Å². The number of aliphatic hydroxyl groups is 1. The Kier molecular flexibility index (Phi) is 4.73. The Bertz CT molecular complexity index is 824. The second-order valence-electron chi connectivity index (χ2n) is 6.18.